The zero-order chi connectivity index (χ0) is 14.7. The fourth-order valence-electron chi connectivity index (χ4n) is 2.06. The number of nitrogens with zero attached hydrogens (tertiary/aromatic N) is 4. The number of imidazole rings is 1. The zero-order valence-electron chi connectivity index (χ0n) is 11.2. The van der Waals surface area contributed by atoms with Crippen molar-refractivity contribution in [3.63, 3.8) is 0 Å². The minimum absolute atomic E-state index is 0.0429. The van der Waals surface area contributed by atoms with Gasteiger partial charge in [-0.05, 0) is 12.1 Å². The number of hydrogen-bond donors (Lipinski definition) is 2. The first-order chi connectivity index (χ1) is 10.2. The van der Waals surface area contributed by atoms with Crippen molar-refractivity contribution in [2.24, 2.45) is 0 Å². The van der Waals surface area contributed by atoms with Crippen LogP contribution in [-0.4, -0.2) is 31.3 Å². The van der Waals surface area contributed by atoms with Gasteiger partial charge in [0.2, 0.25) is 5.89 Å². The van der Waals surface area contributed by atoms with E-state index in [0.717, 1.165) is 16.9 Å². The molecular formula is C14H13N5O2. The number of fused-ring (bicyclic) bond motifs is 1. The molecule has 3 rings (SSSR count). The third kappa shape index (κ3) is 3.07. The molecule has 0 aliphatic rings. The van der Waals surface area contributed by atoms with Gasteiger partial charge in [0.15, 0.2) is 5.82 Å². The maximum atomic E-state index is 9.53. The van der Waals surface area contributed by atoms with Crippen LogP contribution in [0.1, 0.15) is 24.0 Å². The molecule has 0 saturated heterocycles. The van der Waals surface area contributed by atoms with E-state index >= 15 is 0 Å². The number of hydrogen-bond acceptors (Lipinski definition) is 6. The quantitative estimate of drug-likeness (QED) is 0.731. The molecule has 0 fully saturated rings. The lowest BCUT2D eigenvalue weighted by molar-refractivity contribution is 0.167. The lowest BCUT2D eigenvalue weighted by Gasteiger charge is -1.99. The molecule has 0 saturated carbocycles. The van der Waals surface area contributed by atoms with Gasteiger partial charge in [0.25, 0.3) is 0 Å². The second-order valence-corrected chi connectivity index (χ2v) is 4.70. The van der Waals surface area contributed by atoms with Crippen molar-refractivity contribution in [3.05, 3.63) is 41.8 Å². The summed E-state index contributed by atoms with van der Waals surface area (Å²) in [4.78, 5) is 11.8. The van der Waals surface area contributed by atoms with Gasteiger partial charge in [-0.25, -0.2) is 4.98 Å². The summed E-state index contributed by atoms with van der Waals surface area (Å²) in [6.45, 7) is 0. The van der Waals surface area contributed by atoms with E-state index in [1.54, 1.807) is 0 Å². The first-order valence-electron chi connectivity index (χ1n) is 6.54. The van der Waals surface area contributed by atoms with Crippen LogP contribution in [0.5, 0.6) is 0 Å². The first kappa shape index (κ1) is 13.3. The second kappa shape index (κ2) is 5.73. The van der Waals surface area contributed by atoms with Crippen LogP contribution in [-0.2, 0) is 12.8 Å². The van der Waals surface area contributed by atoms with Gasteiger partial charge in [-0.1, -0.05) is 17.3 Å². The Hall–Kier alpha value is -2.72. The molecule has 0 spiro atoms. The summed E-state index contributed by atoms with van der Waals surface area (Å²) >= 11 is 0. The summed E-state index contributed by atoms with van der Waals surface area (Å²) in [6.07, 6.45) is -0.136. The van der Waals surface area contributed by atoms with E-state index in [0.29, 0.717) is 18.1 Å². The number of aromatic amines is 1. The van der Waals surface area contributed by atoms with Gasteiger partial charge in [-0.15, -0.1) is 0 Å². The van der Waals surface area contributed by atoms with E-state index in [1.165, 1.54) is 0 Å². The summed E-state index contributed by atoms with van der Waals surface area (Å²) in [6, 6.07) is 9.63. The molecule has 7 nitrogen and oxygen atoms in total. The highest BCUT2D eigenvalue weighted by Gasteiger charge is 2.13. The van der Waals surface area contributed by atoms with E-state index in [-0.39, 0.29) is 12.8 Å². The summed E-state index contributed by atoms with van der Waals surface area (Å²) in [5.41, 5.74) is 1.85. The Kier molecular flexibility index (Phi) is 3.62. The van der Waals surface area contributed by atoms with Crippen LogP contribution in [0.15, 0.2) is 28.8 Å². The monoisotopic (exact) mass is 283 g/mol. The fourth-order valence-corrected chi connectivity index (χ4v) is 2.06. The number of aliphatic hydroxyl groups is 1. The number of H-pyrrole nitrogens is 1. The Morgan fingerprint density at radius 1 is 1.33 bits per heavy atom. The van der Waals surface area contributed by atoms with Gasteiger partial charge >= 0.3 is 0 Å². The lowest BCUT2D eigenvalue weighted by atomic mass is 10.2. The Morgan fingerprint density at radius 3 is 3.00 bits per heavy atom. The highest BCUT2D eigenvalue weighted by molar-refractivity contribution is 5.74. The molecule has 0 aliphatic carbocycles. The van der Waals surface area contributed by atoms with E-state index in [1.807, 2.05) is 30.3 Å². The molecule has 0 bridgehead atoms. The molecule has 106 valence electrons. The number of benzene rings is 1. The van der Waals surface area contributed by atoms with Gasteiger partial charge in [-0.2, -0.15) is 10.2 Å². The molecule has 7 heteroatoms. The van der Waals surface area contributed by atoms with E-state index < -0.39 is 6.10 Å². The van der Waals surface area contributed by atoms with Crippen LogP contribution in [0, 0.1) is 11.3 Å². The minimum Gasteiger partial charge on any atom is -0.392 e. The largest absolute Gasteiger partial charge is 0.392 e. The van der Waals surface area contributed by atoms with Crippen LogP contribution in [0.2, 0.25) is 0 Å². The van der Waals surface area contributed by atoms with Crippen molar-refractivity contribution < 1.29 is 9.63 Å². The summed E-state index contributed by atoms with van der Waals surface area (Å²) in [7, 11) is 0. The standard InChI is InChI=1S/C14H13N5O2/c15-6-5-9(20)7-14-18-13(19-21-14)8-12-16-10-3-1-2-4-11(10)17-12/h1-4,9,20H,5,7-8H2,(H,16,17). The smallest absolute Gasteiger partial charge is 0.229 e. The van der Waals surface area contributed by atoms with Crippen LogP contribution in [0.3, 0.4) is 0 Å². The highest BCUT2D eigenvalue weighted by Crippen LogP contribution is 2.13. The zero-order valence-corrected chi connectivity index (χ0v) is 11.2. The molecular weight excluding hydrogens is 270 g/mol. The van der Waals surface area contributed by atoms with Gasteiger partial charge in [-0.3, -0.25) is 0 Å². The van der Waals surface area contributed by atoms with Crippen molar-refractivity contribution in [1.29, 1.82) is 5.26 Å². The van der Waals surface area contributed by atoms with Crippen molar-refractivity contribution in [2.45, 2.75) is 25.4 Å². The van der Waals surface area contributed by atoms with Crippen molar-refractivity contribution in [2.75, 3.05) is 0 Å². The Balaban J connectivity index is 1.70. The van der Waals surface area contributed by atoms with Crippen LogP contribution in [0.25, 0.3) is 11.0 Å². The van der Waals surface area contributed by atoms with E-state index in [4.69, 9.17) is 9.78 Å². The summed E-state index contributed by atoms with van der Waals surface area (Å²) < 4.78 is 5.06. The Labute approximate surface area is 120 Å². The molecule has 2 heterocycles. The molecule has 3 aromatic rings. The third-order valence-corrected chi connectivity index (χ3v) is 3.01. The fraction of sp³-hybridized carbons (Fsp3) is 0.286. The maximum absolute atomic E-state index is 9.53. The van der Waals surface area contributed by atoms with Gasteiger partial charge in [0.05, 0.1) is 42.5 Å². The van der Waals surface area contributed by atoms with Gasteiger partial charge in [0.1, 0.15) is 5.82 Å². The number of aliphatic hydroxyl groups excluding tert-OH is 1. The highest BCUT2D eigenvalue weighted by atomic mass is 16.5. The Morgan fingerprint density at radius 2 is 2.19 bits per heavy atom. The summed E-state index contributed by atoms with van der Waals surface area (Å²) in [5.74, 6) is 1.57. The van der Waals surface area contributed by atoms with Crippen LogP contribution in [0.4, 0.5) is 0 Å². The Bertz CT molecular complexity index is 753. The molecule has 2 aromatic heterocycles. The number of para-hydroxylation sites is 2. The maximum Gasteiger partial charge on any atom is 0.229 e. The van der Waals surface area contributed by atoms with E-state index in [9.17, 15) is 5.11 Å². The van der Waals surface area contributed by atoms with Crippen LogP contribution < -0.4 is 0 Å². The third-order valence-electron chi connectivity index (χ3n) is 3.01. The summed E-state index contributed by atoms with van der Waals surface area (Å²) in [5, 5.41) is 21.9. The van der Waals surface area contributed by atoms with Crippen molar-refractivity contribution >= 4 is 11.0 Å². The van der Waals surface area contributed by atoms with Gasteiger partial charge in [0, 0.05) is 0 Å². The van der Waals surface area contributed by atoms with Crippen molar-refractivity contribution in [1.82, 2.24) is 20.1 Å². The van der Waals surface area contributed by atoms with E-state index in [2.05, 4.69) is 20.1 Å². The molecule has 1 atom stereocenters. The molecule has 2 N–H and O–H groups in total. The SMILES string of the molecule is N#CCC(O)Cc1nc(Cc2nc3ccccc3[nH]2)no1. The first-order valence-corrected chi connectivity index (χ1v) is 6.54. The molecule has 1 aromatic carbocycles. The predicted molar refractivity (Wildman–Crippen MR) is 73.1 cm³/mol. The topological polar surface area (TPSA) is 112 Å². The molecule has 0 aliphatic heterocycles. The lowest BCUT2D eigenvalue weighted by Crippen LogP contribution is -2.09. The minimum atomic E-state index is -0.783. The van der Waals surface area contributed by atoms with Gasteiger partial charge < -0.3 is 14.6 Å². The number of rotatable bonds is 5. The number of nitriles is 1. The molecule has 0 radical (unpaired) electrons. The predicted octanol–water partition coefficient (Wildman–Crippen LogP) is 1.35. The second-order valence-electron chi connectivity index (χ2n) is 4.70. The number of nitrogens with one attached hydrogen (secondary N) is 1. The molecule has 0 amide bonds. The van der Waals surface area contributed by atoms with Crippen molar-refractivity contribution in [3.8, 4) is 6.07 Å². The normalized spacial score (nSPS) is 12.4. The number of aromatic nitrogens is 4. The molecule has 1 unspecified atom stereocenters. The van der Waals surface area contributed by atoms with Crippen LogP contribution >= 0.6 is 0 Å². The average Bonchev–Trinajstić information content (AvgIpc) is 3.05. The molecule has 21 heavy (non-hydrogen) atoms. The average molecular weight is 283 g/mol.